The summed E-state index contributed by atoms with van der Waals surface area (Å²) < 4.78 is 9.97. The molecule has 1 saturated heterocycles. The number of hydrogen-bond donors (Lipinski definition) is 1. The number of rotatable bonds is 4. The summed E-state index contributed by atoms with van der Waals surface area (Å²) in [4.78, 5) is 23.8. The van der Waals surface area contributed by atoms with Crippen LogP contribution in [0.25, 0.3) is 0 Å². The van der Waals surface area contributed by atoms with Crippen molar-refractivity contribution in [3.05, 3.63) is 0 Å². The van der Waals surface area contributed by atoms with Crippen molar-refractivity contribution >= 4 is 11.9 Å². The SMILES string of the molecule is CCOC(=O)C1(C(=O)OCC)CCNCC1. The van der Waals surface area contributed by atoms with E-state index in [1.165, 1.54) is 0 Å². The Morgan fingerprint density at radius 1 is 1.06 bits per heavy atom. The fraction of sp³-hybridized carbons (Fsp3) is 0.818. The normalized spacial score (nSPS) is 18.9. The summed E-state index contributed by atoms with van der Waals surface area (Å²) in [5, 5.41) is 3.12. The fourth-order valence-corrected chi connectivity index (χ4v) is 1.88. The molecule has 0 amide bonds. The number of piperidine rings is 1. The zero-order valence-electron chi connectivity index (χ0n) is 9.88. The van der Waals surface area contributed by atoms with Gasteiger partial charge in [-0.2, -0.15) is 0 Å². The number of hydrogen-bond acceptors (Lipinski definition) is 5. The van der Waals surface area contributed by atoms with Gasteiger partial charge in [-0.25, -0.2) is 0 Å². The van der Waals surface area contributed by atoms with Crippen molar-refractivity contribution in [2.75, 3.05) is 26.3 Å². The Morgan fingerprint density at radius 3 is 1.88 bits per heavy atom. The number of esters is 2. The van der Waals surface area contributed by atoms with Crippen molar-refractivity contribution in [1.29, 1.82) is 0 Å². The third-order valence-electron chi connectivity index (χ3n) is 2.79. The van der Waals surface area contributed by atoms with Gasteiger partial charge in [0, 0.05) is 0 Å². The highest BCUT2D eigenvalue weighted by atomic mass is 16.6. The minimum absolute atomic E-state index is 0.285. The summed E-state index contributed by atoms with van der Waals surface area (Å²) in [5.74, 6) is -0.898. The molecule has 0 aliphatic carbocycles. The van der Waals surface area contributed by atoms with Gasteiger partial charge < -0.3 is 14.8 Å². The standard InChI is InChI=1S/C11H19NO4/c1-3-15-9(13)11(10(14)16-4-2)5-7-12-8-6-11/h12H,3-8H2,1-2H3. The number of carbonyl (C=O) groups is 2. The van der Waals surface area contributed by atoms with Crippen molar-refractivity contribution in [1.82, 2.24) is 5.32 Å². The van der Waals surface area contributed by atoms with Gasteiger partial charge in [0.05, 0.1) is 13.2 Å². The maximum atomic E-state index is 11.9. The summed E-state index contributed by atoms with van der Waals surface area (Å²) in [6.07, 6.45) is 0.898. The van der Waals surface area contributed by atoms with E-state index in [4.69, 9.17) is 9.47 Å². The summed E-state index contributed by atoms with van der Waals surface area (Å²) >= 11 is 0. The van der Waals surface area contributed by atoms with Crippen molar-refractivity contribution in [2.24, 2.45) is 5.41 Å². The van der Waals surface area contributed by atoms with Gasteiger partial charge in [0.2, 0.25) is 0 Å². The Hall–Kier alpha value is -1.10. The lowest BCUT2D eigenvalue weighted by molar-refractivity contribution is -0.174. The van der Waals surface area contributed by atoms with Crippen LogP contribution >= 0.6 is 0 Å². The Balaban J connectivity index is 2.82. The van der Waals surface area contributed by atoms with Crippen LogP contribution < -0.4 is 5.32 Å². The molecule has 1 heterocycles. The van der Waals surface area contributed by atoms with E-state index in [9.17, 15) is 9.59 Å². The lowest BCUT2D eigenvalue weighted by atomic mass is 9.79. The van der Waals surface area contributed by atoms with Crippen LogP contribution in [0.15, 0.2) is 0 Å². The first-order chi connectivity index (χ1) is 7.67. The van der Waals surface area contributed by atoms with Crippen molar-refractivity contribution in [3.63, 3.8) is 0 Å². The highest BCUT2D eigenvalue weighted by Gasteiger charge is 2.49. The third-order valence-corrected chi connectivity index (χ3v) is 2.79. The van der Waals surface area contributed by atoms with Crippen molar-refractivity contribution in [3.8, 4) is 0 Å². The Morgan fingerprint density at radius 2 is 1.50 bits per heavy atom. The second kappa shape index (κ2) is 5.84. The molecule has 0 aromatic heterocycles. The number of carbonyl (C=O) groups excluding carboxylic acids is 2. The highest BCUT2D eigenvalue weighted by molar-refractivity contribution is 6.00. The van der Waals surface area contributed by atoms with Crippen LogP contribution in [0.4, 0.5) is 0 Å². The molecule has 16 heavy (non-hydrogen) atoms. The second-order valence-corrected chi connectivity index (χ2v) is 3.77. The molecule has 1 rings (SSSR count). The van der Waals surface area contributed by atoms with Crippen molar-refractivity contribution < 1.29 is 19.1 Å². The van der Waals surface area contributed by atoms with Crippen LogP contribution in [0.5, 0.6) is 0 Å². The first-order valence-electron chi connectivity index (χ1n) is 5.72. The third kappa shape index (κ3) is 2.52. The predicted octanol–water partition coefficient (Wildman–Crippen LogP) is 0.482. The number of ether oxygens (including phenoxy) is 2. The van der Waals surface area contributed by atoms with E-state index in [0.717, 1.165) is 0 Å². The first kappa shape index (κ1) is 13.0. The molecule has 0 radical (unpaired) electrons. The maximum Gasteiger partial charge on any atom is 0.323 e. The average molecular weight is 229 g/mol. The van der Waals surface area contributed by atoms with E-state index in [0.29, 0.717) is 25.9 Å². The molecular formula is C11H19NO4. The van der Waals surface area contributed by atoms with E-state index >= 15 is 0 Å². The Bertz CT molecular complexity index is 239. The van der Waals surface area contributed by atoms with Gasteiger partial charge in [-0.3, -0.25) is 9.59 Å². The van der Waals surface area contributed by atoms with Gasteiger partial charge in [-0.15, -0.1) is 0 Å². The molecule has 0 aromatic rings. The molecule has 92 valence electrons. The van der Waals surface area contributed by atoms with Crippen LogP contribution in [0.1, 0.15) is 26.7 Å². The zero-order valence-corrected chi connectivity index (χ0v) is 9.88. The molecule has 0 spiro atoms. The fourth-order valence-electron chi connectivity index (χ4n) is 1.88. The molecule has 1 fully saturated rings. The molecular weight excluding hydrogens is 210 g/mol. The van der Waals surface area contributed by atoms with Gasteiger partial charge >= 0.3 is 11.9 Å². The highest BCUT2D eigenvalue weighted by Crippen LogP contribution is 2.32. The van der Waals surface area contributed by atoms with Crippen LogP contribution in [0.2, 0.25) is 0 Å². The maximum absolute atomic E-state index is 11.9. The van der Waals surface area contributed by atoms with E-state index in [-0.39, 0.29) is 13.2 Å². The van der Waals surface area contributed by atoms with Crippen molar-refractivity contribution in [2.45, 2.75) is 26.7 Å². The lowest BCUT2D eigenvalue weighted by Gasteiger charge is -2.32. The molecule has 0 unspecified atom stereocenters. The van der Waals surface area contributed by atoms with Gasteiger partial charge in [-0.05, 0) is 39.8 Å². The van der Waals surface area contributed by atoms with Gasteiger partial charge in [0.15, 0.2) is 5.41 Å². The summed E-state index contributed by atoms with van der Waals surface area (Å²) in [5.41, 5.74) is -1.09. The van der Waals surface area contributed by atoms with Gasteiger partial charge in [0.1, 0.15) is 0 Å². The number of nitrogens with one attached hydrogen (secondary N) is 1. The quantitative estimate of drug-likeness (QED) is 0.561. The van der Waals surface area contributed by atoms with Gasteiger partial charge in [-0.1, -0.05) is 0 Å². The average Bonchev–Trinajstić information content (AvgIpc) is 2.30. The summed E-state index contributed by atoms with van der Waals surface area (Å²) in [6, 6.07) is 0. The zero-order chi connectivity index (χ0) is 12.0. The van der Waals surface area contributed by atoms with E-state index in [2.05, 4.69) is 5.32 Å². The molecule has 5 heteroatoms. The molecule has 0 saturated carbocycles. The first-order valence-corrected chi connectivity index (χ1v) is 5.72. The molecule has 5 nitrogen and oxygen atoms in total. The lowest BCUT2D eigenvalue weighted by Crippen LogP contribution is -2.49. The van der Waals surface area contributed by atoms with Crippen LogP contribution in [0.3, 0.4) is 0 Å². The Labute approximate surface area is 95.5 Å². The molecule has 0 bridgehead atoms. The summed E-state index contributed by atoms with van der Waals surface area (Å²) in [7, 11) is 0. The Kier molecular flexibility index (Phi) is 4.73. The van der Waals surface area contributed by atoms with Crippen LogP contribution in [-0.4, -0.2) is 38.2 Å². The smallest absolute Gasteiger partial charge is 0.323 e. The second-order valence-electron chi connectivity index (χ2n) is 3.77. The molecule has 1 aliphatic rings. The van der Waals surface area contributed by atoms with Gasteiger partial charge in [0.25, 0.3) is 0 Å². The minimum atomic E-state index is -1.09. The summed E-state index contributed by atoms with van der Waals surface area (Å²) in [6.45, 7) is 5.31. The topological polar surface area (TPSA) is 64.6 Å². The van der Waals surface area contributed by atoms with Crippen LogP contribution in [0, 0.1) is 5.41 Å². The molecule has 0 aromatic carbocycles. The van der Waals surface area contributed by atoms with Crippen LogP contribution in [-0.2, 0) is 19.1 Å². The van der Waals surface area contributed by atoms with E-state index in [1.54, 1.807) is 13.8 Å². The van der Waals surface area contributed by atoms with E-state index < -0.39 is 17.4 Å². The molecule has 1 N–H and O–H groups in total. The van der Waals surface area contributed by atoms with E-state index in [1.807, 2.05) is 0 Å². The minimum Gasteiger partial charge on any atom is -0.465 e. The monoisotopic (exact) mass is 229 g/mol. The largest absolute Gasteiger partial charge is 0.465 e. The molecule has 0 atom stereocenters. The molecule has 1 aliphatic heterocycles. The predicted molar refractivity (Wildman–Crippen MR) is 57.8 cm³/mol.